The van der Waals surface area contributed by atoms with Gasteiger partial charge in [0.1, 0.15) is 0 Å². The van der Waals surface area contributed by atoms with E-state index in [9.17, 15) is 4.79 Å². The Labute approximate surface area is 199 Å². The summed E-state index contributed by atoms with van der Waals surface area (Å²) < 4.78 is 7.08. The van der Waals surface area contributed by atoms with Crippen LogP contribution in [-0.2, 0) is 9.53 Å². The van der Waals surface area contributed by atoms with Crippen LogP contribution in [0.4, 0.5) is 23.0 Å². The summed E-state index contributed by atoms with van der Waals surface area (Å²) in [5, 5.41) is 14.0. The number of hydrogen-bond acceptors (Lipinski definition) is 7. The highest BCUT2D eigenvalue weighted by Crippen LogP contribution is 2.38. The van der Waals surface area contributed by atoms with Crippen LogP contribution in [-0.4, -0.2) is 65.3 Å². The van der Waals surface area contributed by atoms with Crippen LogP contribution in [0.3, 0.4) is 0 Å². The van der Waals surface area contributed by atoms with Crippen LogP contribution in [0.5, 0.6) is 0 Å². The summed E-state index contributed by atoms with van der Waals surface area (Å²) in [6.07, 6.45) is 5.51. The van der Waals surface area contributed by atoms with Gasteiger partial charge in [0.25, 0.3) is 0 Å². The first-order chi connectivity index (χ1) is 16.5. The molecule has 0 atom stereocenters. The van der Waals surface area contributed by atoms with Gasteiger partial charge in [0.15, 0.2) is 17.3 Å². The SMILES string of the molecule is CNc1cc(Nc2ccc3nc(NC(=O)CCCN4CCC5(CC4)COC5)cn3n2)ccc1C. The normalized spacial score (nSPS) is 17.5. The van der Waals surface area contributed by atoms with Gasteiger partial charge in [0.05, 0.1) is 19.4 Å². The topological polar surface area (TPSA) is 95.8 Å². The zero-order valence-corrected chi connectivity index (χ0v) is 19.9. The van der Waals surface area contributed by atoms with Crippen molar-refractivity contribution < 1.29 is 9.53 Å². The highest BCUT2D eigenvalue weighted by Gasteiger charge is 2.40. The van der Waals surface area contributed by atoms with Gasteiger partial charge in [-0.25, -0.2) is 9.50 Å². The van der Waals surface area contributed by atoms with E-state index < -0.39 is 0 Å². The van der Waals surface area contributed by atoms with Gasteiger partial charge in [0.2, 0.25) is 5.91 Å². The summed E-state index contributed by atoms with van der Waals surface area (Å²) in [5.74, 6) is 1.21. The van der Waals surface area contributed by atoms with E-state index in [1.165, 1.54) is 18.4 Å². The van der Waals surface area contributed by atoms with Gasteiger partial charge in [-0.2, -0.15) is 0 Å². The lowest BCUT2D eigenvalue weighted by Crippen LogP contribution is -2.50. The van der Waals surface area contributed by atoms with Gasteiger partial charge in [-0.15, -0.1) is 5.10 Å². The minimum absolute atomic E-state index is 0.0122. The molecule has 1 spiro atoms. The molecule has 34 heavy (non-hydrogen) atoms. The van der Waals surface area contributed by atoms with Gasteiger partial charge in [-0.1, -0.05) is 6.07 Å². The molecule has 180 valence electrons. The zero-order valence-electron chi connectivity index (χ0n) is 19.9. The maximum Gasteiger partial charge on any atom is 0.225 e. The third-order valence-corrected chi connectivity index (χ3v) is 6.98. The number of aryl methyl sites for hydroxylation is 1. The van der Waals surface area contributed by atoms with Crippen molar-refractivity contribution in [3.8, 4) is 0 Å². The quantitative estimate of drug-likeness (QED) is 0.469. The number of imidazole rings is 1. The fourth-order valence-electron chi connectivity index (χ4n) is 4.72. The monoisotopic (exact) mass is 463 g/mol. The fourth-order valence-corrected chi connectivity index (χ4v) is 4.72. The number of rotatable bonds is 8. The molecule has 0 aliphatic carbocycles. The van der Waals surface area contributed by atoms with Crippen LogP contribution in [0.2, 0.25) is 0 Å². The summed E-state index contributed by atoms with van der Waals surface area (Å²) in [4.78, 5) is 19.4. The van der Waals surface area contributed by atoms with E-state index >= 15 is 0 Å². The van der Waals surface area contributed by atoms with Gasteiger partial charge in [0, 0.05) is 30.3 Å². The largest absolute Gasteiger partial charge is 0.388 e. The molecule has 1 aromatic carbocycles. The van der Waals surface area contributed by atoms with Crippen molar-refractivity contribution in [1.29, 1.82) is 0 Å². The average molecular weight is 464 g/mol. The van der Waals surface area contributed by atoms with Crippen molar-refractivity contribution in [1.82, 2.24) is 19.5 Å². The third-order valence-electron chi connectivity index (χ3n) is 6.98. The molecule has 9 heteroatoms. The van der Waals surface area contributed by atoms with Gasteiger partial charge < -0.3 is 25.6 Å². The smallest absolute Gasteiger partial charge is 0.225 e. The standard InChI is InChI=1S/C25H33N7O2/c1-18-5-6-19(14-20(18)26-2)27-21-7-8-23-28-22(15-32(23)30-21)29-24(33)4-3-11-31-12-9-25(10-13-31)16-34-17-25/h5-8,14-15,26H,3-4,9-13,16-17H2,1-2H3,(H,27,30)(H,29,33). The average Bonchev–Trinajstić information content (AvgIpc) is 3.21. The minimum Gasteiger partial charge on any atom is -0.388 e. The first kappa shape index (κ1) is 22.6. The maximum absolute atomic E-state index is 12.5. The van der Waals surface area contributed by atoms with Crippen LogP contribution in [0, 0.1) is 12.3 Å². The molecule has 0 bridgehead atoms. The Bertz CT molecular complexity index is 1160. The number of nitrogens with zero attached hydrogens (tertiary/aromatic N) is 4. The predicted octanol–water partition coefficient (Wildman–Crippen LogP) is 3.65. The van der Waals surface area contributed by atoms with E-state index in [-0.39, 0.29) is 5.91 Å². The molecule has 2 fully saturated rings. The number of ether oxygens (including phenoxy) is 1. The van der Waals surface area contributed by atoms with E-state index in [0.29, 0.717) is 29.1 Å². The Morgan fingerprint density at radius 3 is 2.71 bits per heavy atom. The number of amides is 1. The summed E-state index contributed by atoms with van der Waals surface area (Å²) in [6, 6.07) is 9.89. The molecule has 1 amide bonds. The Morgan fingerprint density at radius 2 is 1.97 bits per heavy atom. The molecule has 3 N–H and O–H groups in total. The van der Waals surface area contributed by atoms with Crippen molar-refractivity contribution >= 4 is 34.6 Å². The molecule has 2 aromatic heterocycles. The number of benzene rings is 1. The van der Waals surface area contributed by atoms with E-state index in [0.717, 1.165) is 50.6 Å². The Morgan fingerprint density at radius 1 is 1.15 bits per heavy atom. The summed E-state index contributed by atoms with van der Waals surface area (Å²) >= 11 is 0. The summed E-state index contributed by atoms with van der Waals surface area (Å²) in [6.45, 7) is 7.10. The molecular weight excluding hydrogens is 430 g/mol. The van der Waals surface area contributed by atoms with Crippen molar-refractivity contribution in [3.05, 3.63) is 42.1 Å². The van der Waals surface area contributed by atoms with E-state index in [1.54, 1.807) is 10.7 Å². The fraction of sp³-hybridized carbons (Fsp3) is 0.480. The first-order valence-corrected chi connectivity index (χ1v) is 12.0. The molecule has 2 aliphatic rings. The number of carbonyl (C=O) groups excluding carboxylic acids is 1. The molecule has 5 rings (SSSR count). The highest BCUT2D eigenvalue weighted by molar-refractivity contribution is 5.90. The third kappa shape index (κ3) is 5.00. The lowest BCUT2D eigenvalue weighted by molar-refractivity contribution is -0.139. The number of aromatic nitrogens is 3. The van der Waals surface area contributed by atoms with E-state index in [1.807, 2.05) is 31.3 Å². The number of piperidine rings is 1. The molecule has 3 aromatic rings. The first-order valence-electron chi connectivity index (χ1n) is 12.0. The number of carbonyl (C=O) groups is 1. The van der Waals surface area contributed by atoms with Gasteiger partial charge in [-0.3, -0.25) is 4.79 Å². The van der Waals surface area contributed by atoms with Crippen molar-refractivity contribution in [2.75, 3.05) is 55.8 Å². The predicted molar refractivity (Wildman–Crippen MR) is 134 cm³/mol. The molecule has 9 nitrogen and oxygen atoms in total. The van der Waals surface area contributed by atoms with Gasteiger partial charge >= 0.3 is 0 Å². The summed E-state index contributed by atoms with van der Waals surface area (Å²) in [7, 11) is 1.91. The molecule has 2 saturated heterocycles. The van der Waals surface area contributed by atoms with Gasteiger partial charge in [-0.05, 0) is 75.6 Å². The van der Waals surface area contributed by atoms with Crippen LogP contribution in [0.25, 0.3) is 5.65 Å². The molecule has 4 heterocycles. The van der Waals surface area contributed by atoms with E-state index in [4.69, 9.17) is 4.74 Å². The second-order valence-corrected chi connectivity index (χ2v) is 9.54. The van der Waals surface area contributed by atoms with Crippen LogP contribution in [0.15, 0.2) is 36.5 Å². The Kier molecular flexibility index (Phi) is 6.38. The van der Waals surface area contributed by atoms with Crippen LogP contribution < -0.4 is 16.0 Å². The number of nitrogens with one attached hydrogen (secondary N) is 3. The molecule has 0 saturated carbocycles. The Balaban J connectivity index is 1.12. The molecule has 2 aliphatic heterocycles. The lowest BCUT2D eigenvalue weighted by atomic mass is 9.77. The second-order valence-electron chi connectivity index (χ2n) is 9.54. The number of fused-ring (bicyclic) bond motifs is 1. The van der Waals surface area contributed by atoms with Crippen molar-refractivity contribution in [2.45, 2.75) is 32.6 Å². The van der Waals surface area contributed by atoms with Crippen LogP contribution in [0.1, 0.15) is 31.2 Å². The van der Waals surface area contributed by atoms with E-state index in [2.05, 4.69) is 43.9 Å². The highest BCUT2D eigenvalue weighted by atomic mass is 16.5. The number of anilines is 4. The number of hydrogen-bond donors (Lipinski definition) is 3. The minimum atomic E-state index is -0.0122. The maximum atomic E-state index is 12.5. The molecule has 0 radical (unpaired) electrons. The summed E-state index contributed by atoms with van der Waals surface area (Å²) in [5.41, 5.74) is 4.33. The lowest BCUT2D eigenvalue weighted by Gasteiger charge is -2.47. The molecule has 0 unspecified atom stereocenters. The van der Waals surface area contributed by atoms with Crippen LogP contribution >= 0.6 is 0 Å². The number of likely N-dealkylation sites (tertiary alicyclic amines) is 1. The molecular formula is C25H33N7O2. The van der Waals surface area contributed by atoms with Crippen molar-refractivity contribution in [2.24, 2.45) is 5.41 Å². The second kappa shape index (κ2) is 9.60. The Hall–Kier alpha value is -3.17. The zero-order chi connectivity index (χ0) is 23.5. The van der Waals surface area contributed by atoms with Crippen molar-refractivity contribution in [3.63, 3.8) is 0 Å².